The Bertz CT molecular complexity index is 714. The lowest BCUT2D eigenvalue weighted by Crippen LogP contribution is -2.54. The van der Waals surface area contributed by atoms with Gasteiger partial charge in [-0.05, 0) is 37.2 Å². The van der Waals surface area contributed by atoms with Gasteiger partial charge in [-0.1, -0.05) is 30.3 Å². The van der Waals surface area contributed by atoms with Gasteiger partial charge in [-0.3, -0.25) is 0 Å². The fourth-order valence-corrected chi connectivity index (χ4v) is 5.57. The molecule has 1 aliphatic heterocycles. The zero-order valence-corrected chi connectivity index (χ0v) is 16.1. The van der Waals surface area contributed by atoms with Gasteiger partial charge in [0.25, 0.3) is 0 Å². The van der Waals surface area contributed by atoms with E-state index in [2.05, 4.69) is 5.32 Å². The Hall–Kier alpha value is -1.31. The van der Waals surface area contributed by atoms with Crippen LogP contribution in [0.15, 0.2) is 30.3 Å². The van der Waals surface area contributed by atoms with Crippen molar-refractivity contribution < 1.29 is 22.7 Å². The highest BCUT2D eigenvalue weighted by molar-refractivity contribution is 8.13. The predicted molar refractivity (Wildman–Crippen MR) is 98.4 cm³/mol. The number of halogens is 1. The molecule has 144 valence electrons. The summed E-state index contributed by atoms with van der Waals surface area (Å²) in [7, 11) is 1.89. The Morgan fingerprint density at radius 2 is 1.92 bits per heavy atom. The number of carbonyl (C=O) groups excluding carboxylic acids is 1. The molecule has 6 nitrogen and oxygen atoms in total. The van der Waals surface area contributed by atoms with Crippen molar-refractivity contribution in [2.24, 2.45) is 11.3 Å². The molecule has 1 aromatic rings. The number of hydrogen-bond acceptors (Lipinski definition) is 5. The van der Waals surface area contributed by atoms with Crippen molar-refractivity contribution in [1.82, 2.24) is 5.32 Å². The van der Waals surface area contributed by atoms with Gasteiger partial charge in [0.1, 0.15) is 6.61 Å². The molecule has 1 amide bonds. The van der Waals surface area contributed by atoms with Crippen molar-refractivity contribution >= 4 is 25.8 Å². The van der Waals surface area contributed by atoms with Gasteiger partial charge >= 0.3 is 6.09 Å². The van der Waals surface area contributed by atoms with Crippen LogP contribution in [0.2, 0.25) is 0 Å². The SMILES string of the molecule is O=C(NC(C1CC1)C1(CS(=O)(=O)Cl)CCOCC1)OCc1ccccc1. The summed E-state index contributed by atoms with van der Waals surface area (Å²) < 4.78 is 34.4. The van der Waals surface area contributed by atoms with E-state index in [0.717, 1.165) is 18.4 Å². The molecule has 1 aromatic carbocycles. The van der Waals surface area contributed by atoms with E-state index in [0.29, 0.717) is 26.1 Å². The summed E-state index contributed by atoms with van der Waals surface area (Å²) in [6.45, 7) is 1.11. The molecule has 2 aliphatic rings. The smallest absolute Gasteiger partial charge is 0.407 e. The standard InChI is InChI=1S/C18H24ClNO5S/c19-26(22,23)13-18(8-10-24-11-9-18)16(15-6-7-15)20-17(21)25-12-14-4-2-1-3-5-14/h1-5,15-16H,6-13H2,(H,20,21). The van der Waals surface area contributed by atoms with Crippen LogP contribution in [0, 0.1) is 11.3 Å². The maximum Gasteiger partial charge on any atom is 0.407 e. The number of ether oxygens (including phenoxy) is 2. The van der Waals surface area contributed by atoms with Gasteiger partial charge in [-0.25, -0.2) is 13.2 Å². The summed E-state index contributed by atoms with van der Waals surface area (Å²) in [4.78, 5) is 12.4. The lowest BCUT2D eigenvalue weighted by atomic mass is 9.73. The van der Waals surface area contributed by atoms with E-state index in [4.69, 9.17) is 20.2 Å². The fourth-order valence-electron chi connectivity index (χ4n) is 3.76. The van der Waals surface area contributed by atoms with Crippen molar-refractivity contribution in [3.05, 3.63) is 35.9 Å². The predicted octanol–water partition coefficient (Wildman–Crippen LogP) is 3.06. The van der Waals surface area contributed by atoms with Crippen LogP contribution in [0.25, 0.3) is 0 Å². The second kappa shape index (κ2) is 8.15. The van der Waals surface area contributed by atoms with Crippen LogP contribution in [0.4, 0.5) is 4.79 Å². The van der Waals surface area contributed by atoms with Gasteiger partial charge in [0.05, 0.1) is 5.75 Å². The van der Waals surface area contributed by atoms with Crippen molar-refractivity contribution in [2.75, 3.05) is 19.0 Å². The molecule has 8 heteroatoms. The highest BCUT2D eigenvalue weighted by Crippen LogP contribution is 2.46. The minimum Gasteiger partial charge on any atom is -0.445 e. The first-order chi connectivity index (χ1) is 12.4. The molecule has 1 aliphatic carbocycles. The number of alkyl carbamates (subject to hydrolysis) is 1. The molecule has 26 heavy (non-hydrogen) atoms. The molecule has 1 saturated carbocycles. The first-order valence-electron chi connectivity index (χ1n) is 8.85. The molecule has 1 atom stereocenters. The van der Waals surface area contributed by atoms with Gasteiger partial charge in [0, 0.05) is 35.4 Å². The van der Waals surface area contributed by atoms with Crippen LogP contribution in [-0.4, -0.2) is 39.5 Å². The largest absolute Gasteiger partial charge is 0.445 e. The molecule has 1 N–H and O–H groups in total. The van der Waals surface area contributed by atoms with Crippen molar-refractivity contribution in [1.29, 1.82) is 0 Å². The number of amides is 1. The minimum atomic E-state index is -3.70. The Morgan fingerprint density at radius 1 is 1.27 bits per heavy atom. The summed E-state index contributed by atoms with van der Waals surface area (Å²) in [5.74, 6) is 0.0983. The van der Waals surface area contributed by atoms with Crippen LogP contribution in [0.1, 0.15) is 31.2 Å². The summed E-state index contributed by atoms with van der Waals surface area (Å²) in [5, 5.41) is 2.94. The van der Waals surface area contributed by atoms with E-state index in [1.54, 1.807) is 0 Å². The third-order valence-electron chi connectivity index (χ3n) is 5.19. The van der Waals surface area contributed by atoms with Crippen LogP contribution < -0.4 is 5.32 Å². The normalized spacial score (nSPS) is 21.0. The average molecular weight is 402 g/mol. The monoisotopic (exact) mass is 401 g/mol. The van der Waals surface area contributed by atoms with Crippen molar-refractivity contribution in [3.8, 4) is 0 Å². The van der Waals surface area contributed by atoms with E-state index in [9.17, 15) is 13.2 Å². The number of rotatable bonds is 7. The van der Waals surface area contributed by atoms with Gasteiger partial charge in [0.2, 0.25) is 9.05 Å². The lowest BCUT2D eigenvalue weighted by molar-refractivity contribution is 0.000861. The Kier molecular flexibility index (Phi) is 6.10. The van der Waals surface area contributed by atoms with Crippen LogP contribution in [-0.2, 0) is 25.1 Å². The highest BCUT2D eigenvalue weighted by Gasteiger charge is 2.50. The molecule has 1 saturated heterocycles. The number of hydrogen-bond donors (Lipinski definition) is 1. The molecule has 0 radical (unpaired) electrons. The number of nitrogens with one attached hydrogen (secondary N) is 1. The molecule has 3 rings (SSSR count). The molecule has 0 aromatic heterocycles. The summed E-state index contributed by atoms with van der Waals surface area (Å²) in [6.07, 6.45) is 2.52. The Balaban J connectivity index is 1.69. The third kappa shape index (κ3) is 5.34. The fraction of sp³-hybridized carbons (Fsp3) is 0.611. The van der Waals surface area contributed by atoms with Gasteiger partial charge in [0.15, 0.2) is 0 Å². The molecular formula is C18H24ClNO5S. The van der Waals surface area contributed by atoms with E-state index in [1.165, 1.54) is 0 Å². The Morgan fingerprint density at radius 3 is 2.50 bits per heavy atom. The molecular weight excluding hydrogens is 378 g/mol. The van der Waals surface area contributed by atoms with Crippen molar-refractivity contribution in [3.63, 3.8) is 0 Å². The van der Waals surface area contributed by atoms with Gasteiger partial charge in [-0.15, -0.1) is 0 Å². The van der Waals surface area contributed by atoms with Crippen LogP contribution >= 0.6 is 10.7 Å². The van der Waals surface area contributed by atoms with E-state index >= 15 is 0 Å². The third-order valence-corrected chi connectivity index (χ3v) is 6.43. The summed E-state index contributed by atoms with van der Waals surface area (Å²) in [6, 6.07) is 9.15. The Labute approximate surface area is 158 Å². The molecule has 0 spiro atoms. The molecule has 1 unspecified atom stereocenters. The average Bonchev–Trinajstić information content (AvgIpc) is 3.43. The highest BCUT2D eigenvalue weighted by atomic mass is 35.7. The molecule has 0 bridgehead atoms. The van der Waals surface area contributed by atoms with Gasteiger partial charge < -0.3 is 14.8 Å². The molecule has 2 fully saturated rings. The topological polar surface area (TPSA) is 81.7 Å². The van der Waals surface area contributed by atoms with Gasteiger partial charge in [-0.2, -0.15) is 0 Å². The molecule has 1 heterocycles. The summed E-state index contributed by atoms with van der Waals surface area (Å²) >= 11 is 0. The first-order valence-corrected chi connectivity index (χ1v) is 11.3. The first kappa shape index (κ1) is 19.5. The van der Waals surface area contributed by atoms with Crippen molar-refractivity contribution in [2.45, 2.75) is 38.3 Å². The van der Waals surface area contributed by atoms with E-state index < -0.39 is 20.6 Å². The zero-order valence-electron chi connectivity index (χ0n) is 14.5. The van der Waals surface area contributed by atoms with Crippen LogP contribution in [0.5, 0.6) is 0 Å². The van der Waals surface area contributed by atoms with Crippen LogP contribution in [0.3, 0.4) is 0 Å². The maximum absolute atomic E-state index is 12.4. The second-order valence-electron chi connectivity index (χ2n) is 7.18. The zero-order chi connectivity index (χ0) is 18.6. The minimum absolute atomic E-state index is 0.162. The second-order valence-corrected chi connectivity index (χ2v) is 9.96. The lowest BCUT2D eigenvalue weighted by Gasteiger charge is -2.43. The van der Waals surface area contributed by atoms with E-state index in [1.807, 2.05) is 30.3 Å². The quantitative estimate of drug-likeness (QED) is 0.710. The number of carbonyl (C=O) groups is 1. The maximum atomic E-state index is 12.4. The summed E-state index contributed by atoms with van der Waals surface area (Å²) in [5.41, 5.74) is 0.293. The number of benzene rings is 1. The van der Waals surface area contributed by atoms with E-state index in [-0.39, 0.29) is 24.3 Å².